The average molecular weight is 595 g/mol. The Morgan fingerprint density at radius 1 is 1.22 bits per heavy atom. The molecule has 0 saturated carbocycles. The molecule has 5 atom stereocenters. The molecule has 0 spiro atoms. The van der Waals surface area contributed by atoms with Crippen LogP contribution in [0, 0.1) is 0 Å². The van der Waals surface area contributed by atoms with E-state index in [-0.39, 0.29) is 16.1 Å². The predicted molar refractivity (Wildman–Crippen MR) is 141 cm³/mol. The molecule has 41 heavy (non-hydrogen) atoms. The van der Waals surface area contributed by atoms with Crippen molar-refractivity contribution in [2.24, 2.45) is 4.74 Å². The van der Waals surface area contributed by atoms with E-state index in [1.807, 2.05) is 4.98 Å². The van der Waals surface area contributed by atoms with Gasteiger partial charge in [-0.15, -0.1) is 0 Å². The van der Waals surface area contributed by atoms with Gasteiger partial charge in [0.1, 0.15) is 0 Å². The minimum atomic E-state index is -3.69. The summed E-state index contributed by atoms with van der Waals surface area (Å²) >= 11 is 0. The Morgan fingerprint density at radius 3 is 2.61 bits per heavy atom. The second-order valence-electron chi connectivity index (χ2n) is 9.74. The fourth-order valence-electron chi connectivity index (χ4n) is 4.36. The second-order valence-corrected chi connectivity index (χ2v) is 10.6. The summed E-state index contributed by atoms with van der Waals surface area (Å²) in [7, 11) is -2.94. The normalized spacial score (nSPS) is 23.3. The van der Waals surface area contributed by atoms with E-state index >= 15 is 8.78 Å². The highest BCUT2D eigenvalue weighted by atomic mass is 31.1. The molecule has 1 saturated heterocycles. The highest BCUT2D eigenvalue weighted by Crippen LogP contribution is 2.52. The van der Waals surface area contributed by atoms with Gasteiger partial charge in [-0.2, -0.15) is 4.39 Å². The summed E-state index contributed by atoms with van der Waals surface area (Å²) in [6, 6.07) is 9.00. The third-order valence-corrected chi connectivity index (χ3v) is 7.19. The lowest BCUT2D eigenvalue weighted by atomic mass is 9.96. The van der Waals surface area contributed by atoms with E-state index in [0.717, 1.165) is 19.2 Å². The van der Waals surface area contributed by atoms with Crippen LogP contribution in [0.1, 0.15) is 34.1 Å². The van der Waals surface area contributed by atoms with Gasteiger partial charge < -0.3 is 24.2 Å². The Bertz CT molecular complexity index is 1610. The standard InChI is InChI=1S/C26H28F2N3O9P/c1-15(2)38-22(33)16(3)30-41(36)40-21-18-8-6-5-7-17(18)9-10-19(21)39-24(4,35)26(28)25(27,12-14-37-26)31-13-11-20(32)29-23(31)34/h5-11,13,15-16,35H,12,14H2,1-4H3,(H,29,32,34)/t16-,24-,25+,26+/m0/s1. The molecular formula is C26H28F2N3O9P. The summed E-state index contributed by atoms with van der Waals surface area (Å²) in [5.74, 6) is -11.5. The molecule has 1 aromatic heterocycles. The molecule has 15 heteroatoms. The van der Waals surface area contributed by atoms with Crippen LogP contribution in [0.15, 0.2) is 63.0 Å². The quantitative estimate of drug-likeness (QED) is 0.215. The fourth-order valence-corrected chi connectivity index (χ4v) is 5.13. The van der Waals surface area contributed by atoms with Gasteiger partial charge >= 0.3 is 25.7 Å². The van der Waals surface area contributed by atoms with E-state index in [2.05, 4.69) is 4.74 Å². The van der Waals surface area contributed by atoms with E-state index in [1.54, 1.807) is 38.1 Å². The minimum absolute atomic E-state index is 0.259. The SMILES string of the molecule is CC(C)OC(=O)[C@H](C)N=[P+]([O-])Oc1c(O[C@](C)(O)[C@@]2(F)OCC[C@@]2(F)n2ccc(=O)[nH]c2=O)ccc2ccccc12. The third kappa shape index (κ3) is 5.73. The number of halogens is 2. The smallest absolute Gasteiger partial charge is 0.395 e. The van der Waals surface area contributed by atoms with Gasteiger partial charge in [-0.25, -0.2) is 14.0 Å². The Balaban J connectivity index is 1.74. The molecule has 1 aliphatic rings. The molecule has 0 amide bonds. The summed E-state index contributed by atoms with van der Waals surface area (Å²) in [4.78, 5) is 50.6. The number of carbonyl (C=O) groups excluding carboxylic acids is 1. The summed E-state index contributed by atoms with van der Waals surface area (Å²) < 4.78 is 58.0. The van der Waals surface area contributed by atoms with Gasteiger partial charge in [0.05, 0.1) is 12.7 Å². The average Bonchev–Trinajstić information content (AvgIpc) is 3.21. The van der Waals surface area contributed by atoms with Gasteiger partial charge in [0.15, 0.2) is 11.8 Å². The first-order valence-electron chi connectivity index (χ1n) is 12.5. The van der Waals surface area contributed by atoms with Gasteiger partial charge in [-0.3, -0.25) is 18.9 Å². The van der Waals surface area contributed by atoms with Gasteiger partial charge in [0, 0.05) is 31.0 Å². The molecule has 0 radical (unpaired) electrons. The molecule has 220 valence electrons. The Hall–Kier alpha value is -3.71. The number of hydrogen-bond donors (Lipinski definition) is 2. The van der Waals surface area contributed by atoms with Crippen LogP contribution in [-0.4, -0.2) is 51.0 Å². The predicted octanol–water partition coefficient (Wildman–Crippen LogP) is 2.76. The summed E-state index contributed by atoms with van der Waals surface area (Å²) in [5.41, 5.74) is -2.12. The molecule has 1 aliphatic heterocycles. The van der Waals surface area contributed by atoms with Crippen molar-refractivity contribution in [1.29, 1.82) is 0 Å². The van der Waals surface area contributed by atoms with Gasteiger partial charge in [0.2, 0.25) is 5.75 Å². The molecule has 1 fully saturated rings. The lowest BCUT2D eigenvalue weighted by Gasteiger charge is -2.41. The first kappa shape index (κ1) is 30.3. The van der Waals surface area contributed by atoms with Crippen molar-refractivity contribution in [3.05, 3.63) is 69.5 Å². The van der Waals surface area contributed by atoms with Crippen molar-refractivity contribution in [2.75, 3.05) is 6.61 Å². The van der Waals surface area contributed by atoms with E-state index in [9.17, 15) is 24.4 Å². The monoisotopic (exact) mass is 595 g/mol. The first-order valence-corrected chi connectivity index (χ1v) is 13.7. The van der Waals surface area contributed by atoms with Crippen LogP contribution in [0.3, 0.4) is 0 Å². The van der Waals surface area contributed by atoms with E-state index in [0.29, 0.717) is 10.8 Å². The molecule has 0 aliphatic carbocycles. The zero-order valence-corrected chi connectivity index (χ0v) is 23.4. The van der Waals surface area contributed by atoms with Crippen LogP contribution in [0.2, 0.25) is 0 Å². The van der Waals surface area contributed by atoms with Crippen molar-refractivity contribution < 1.29 is 42.3 Å². The number of ether oxygens (including phenoxy) is 3. The summed E-state index contributed by atoms with van der Waals surface area (Å²) in [6.07, 6.45) is -0.409. The number of benzene rings is 2. The van der Waals surface area contributed by atoms with Crippen LogP contribution in [0.4, 0.5) is 8.78 Å². The number of aromatic nitrogens is 2. The number of alkyl halides is 2. The Morgan fingerprint density at radius 2 is 1.93 bits per heavy atom. The zero-order valence-electron chi connectivity index (χ0n) is 22.5. The van der Waals surface area contributed by atoms with Crippen molar-refractivity contribution >= 4 is 24.9 Å². The maximum Gasteiger partial charge on any atom is 0.395 e. The number of esters is 1. The van der Waals surface area contributed by atoms with Gasteiger partial charge in [-0.05, 0) is 32.2 Å². The van der Waals surface area contributed by atoms with Crippen LogP contribution < -0.4 is 25.4 Å². The Kier molecular flexibility index (Phi) is 8.33. The number of hydrogen-bond acceptors (Lipinski definition) is 10. The van der Waals surface area contributed by atoms with Crippen molar-refractivity contribution in [2.45, 2.75) is 63.7 Å². The molecule has 4 rings (SSSR count). The molecular weight excluding hydrogens is 567 g/mol. The third-order valence-electron chi connectivity index (χ3n) is 6.31. The molecule has 1 unspecified atom stereocenters. The van der Waals surface area contributed by atoms with Crippen molar-refractivity contribution in [3.63, 3.8) is 0 Å². The number of H-pyrrole nitrogens is 1. The van der Waals surface area contributed by atoms with Crippen molar-refractivity contribution in [1.82, 2.24) is 9.55 Å². The first-order chi connectivity index (χ1) is 19.2. The molecule has 2 heterocycles. The van der Waals surface area contributed by atoms with Crippen LogP contribution in [0.5, 0.6) is 11.5 Å². The van der Waals surface area contributed by atoms with Gasteiger partial charge in [0.25, 0.3) is 17.1 Å². The van der Waals surface area contributed by atoms with Crippen LogP contribution in [0.25, 0.3) is 10.8 Å². The number of carbonyl (C=O) groups is 1. The van der Waals surface area contributed by atoms with E-state index in [1.165, 1.54) is 19.1 Å². The number of nitrogens with one attached hydrogen (secondary N) is 1. The molecule has 12 nitrogen and oxygen atoms in total. The number of aromatic amines is 1. The number of rotatable bonds is 9. The largest absolute Gasteiger partial charge is 0.575 e. The number of aliphatic hydroxyl groups is 1. The highest BCUT2D eigenvalue weighted by molar-refractivity contribution is 7.34. The topological polar surface area (TPSA) is 164 Å². The lowest BCUT2D eigenvalue weighted by Crippen LogP contribution is -2.65. The Labute approximate surface area is 233 Å². The second kappa shape index (κ2) is 11.3. The minimum Gasteiger partial charge on any atom is -0.575 e. The maximum absolute atomic E-state index is 16.5. The molecule has 3 aromatic rings. The van der Waals surface area contributed by atoms with E-state index in [4.69, 9.17) is 18.7 Å². The lowest BCUT2D eigenvalue weighted by molar-refractivity contribution is -0.354. The van der Waals surface area contributed by atoms with Gasteiger partial charge in [-0.1, -0.05) is 35.1 Å². The molecule has 2 N–H and O–H groups in total. The fraction of sp³-hybridized carbons (Fsp3) is 0.423. The highest BCUT2D eigenvalue weighted by Gasteiger charge is 2.72. The maximum atomic E-state index is 16.5. The number of nitrogens with zero attached hydrogens (tertiary/aromatic N) is 2. The van der Waals surface area contributed by atoms with Crippen LogP contribution in [-0.2, 0) is 20.1 Å². The van der Waals surface area contributed by atoms with Crippen molar-refractivity contribution in [3.8, 4) is 11.5 Å². The zero-order chi connectivity index (χ0) is 30.2. The molecule has 0 bridgehead atoms. The van der Waals surface area contributed by atoms with E-state index < -0.39 is 68.0 Å². The number of fused-ring (bicyclic) bond motifs is 1. The van der Waals surface area contributed by atoms with Crippen LogP contribution >= 0.6 is 8.17 Å². The molecule has 2 aromatic carbocycles. The summed E-state index contributed by atoms with van der Waals surface area (Å²) in [5, 5.41) is 12.1. The summed E-state index contributed by atoms with van der Waals surface area (Å²) in [6.45, 7) is 4.84.